The number of hydrogen-bond acceptors (Lipinski definition) is 2. The molecule has 0 aliphatic heterocycles. The normalized spacial score (nSPS) is 13.0. The molecule has 0 atom stereocenters. The Kier molecular flexibility index (Phi) is 6.92. The topological polar surface area (TPSA) is 17.8 Å². The summed E-state index contributed by atoms with van der Waals surface area (Å²) in [5, 5.41) is 2.55. The van der Waals surface area contributed by atoms with Gasteiger partial charge in [-0.2, -0.15) is 12.1 Å². The van der Waals surface area contributed by atoms with E-state index < -0.39 is 0 Å². The van der Waals surface area contributed by atoms with Gasteiger partial charge < -0.3 is 9.55 Å². The van der Waals surface area contributed by atoms with Crippen molar-refractivity contribution in [1.29, 1.82) is 0 Å². The molecule has 8 aromatic rings. The second-order valence-electron chi connectivity index (χ2n) is 12.4. The molecule has 0 fully saturated rings. The maximum Gasteiger partial charge on any atom is 0.0544 e. The molecule has 0 saturated heterocycles. The van der Waals surface area contributed by atoms with Crippen LogP contribution in [0, 0.1) is 6.07 Å². The predicted octanol–water partition coefficient (Wildman–Crippen LogP) is 11.3. The molecule has 3 heterocycles. The summed E-state index contributed by atoms with van der Waals surface area (Å²) in [7, 11) is 0. The molecular weight excluding hydrogens is 757 g/mol. The number of rotatable bonds is 4. The molecule has 0 saturated carbocycles. The molecule has 1 aliphatic rings. The number of pyridine rings is 1. The summed E-state index contributed by atoms with van der Waals surface area (Å²) in [6.45, 7) is 4.71. The Morgan fingerprint density at radius 1 is 0.630 bits per heavy atom. The first kappa shape index (κ1) is 28.8. The van der Waals surface area contributed by atoms with Gasteiger partial charge in [-0.05, 0) is 81.5 Å². The van der Waals surface area contributed by atoms with E-state index in [1.165, 1.54) is 71.3 Å². The molecule has 1 radical (unpaired) electrons. The molecular formula is C42H29IrN2S-. The summed E-state index contributed by atoms with van der Waals surface area (Å²) >= 11 is 1.73. The van der Waals surface area contributed by atoms with Gasteiger partial charge in [-0.1, -0.05) is 114 Å². The van der Waals surface area contributed by atoms with E-state index in [-0.39, 0.29) is 25.5 Å². The molecule has 223 valence electrons. The van der Waals surface area contributed by atoms with Gasteiger partial charge in [0.25, 0.3) is 0 Å². The maximum atomic E-state index is 4.52. The van der Waals surface area contributed by atoms with Gasteiger partial charge in [0.1, 0.15) is 0 Å². The van der Waals surface area contributed by atoms with Crippen LogP contribution in [0.15, 0.2) is 140 Å². The average molecular weight is 786 g/mol. The molecule has 0 spiro atoms. The third-order valence-electron chi connectivity index (χ3n) is 9.41. The Bertz CT molecular complexity index is 2400. The van der Waals surface area contributed by atoms with E-state index in [1.54, 1.807) is 11.3 Å². The molecule has 1 aliphatic carbocycles. The number of hydrogen-bond donors (Lipinski definition) is 0. The molecule has 0 bridgehead atoms. The smallest absolute Gasteiger partial charge is 0.0544 e. The first-order valence-corrected chi connectivity index (χ1v) is 16.2. The second kappa shape index (κ2) is 11.0. The van der Waals surface area contributed by atoms with Crippen molar-refractivity contribution < 1.29 is 20.1 Å². The molecule has 9 rings (SSSR count). The van der Waals surface area contributed by atoms with Crippen LogP contribution >= 0.6 is 11.3 Å². The van der Waals surface area contributed by atoms with Crippen LogP contribution in [0.2, 0.25) is 0 Å². The van der Waals surface area contributed by atoms with Crippen molar-refractivity contribution in [2.45, 2.75) is 19.3 Å². The zero-order valence-electron chi connectivity index (χ0n) is 25.4. The number of benzene rings is 5. The quantitative estimate of drug-likeness (QED) is 0.163. The first-order chi connectivity index (χ1) is 22.1. The molecule has 0 amide bonds. The van der Waals surface area contributed by atoms with Crippen molar-refractivity contribution in [3.63, 3.8) is 0 Å². The third-order valence-corrected chi connectivity index (χ3v) is 10.5. The summed E-state index contributed by atoms with van der Waals surface area (Å²) in [4.78, 5) is 6.77. The van der Waals surface area contributed by atoms with Crippen LogP contribution in [-0.4, -0.2) is 9.55 Å². The first-order valence-electron chi connectivity index (χ1n) is 15.4. The third kappa shape index (κ3) is 4.44. The van der Waals surface area contributed by atoms with Crippen LogP contribution in [0.25, 0.3) is 70.8 Å². The van der Waals surface area contributed by atoms with Gasteiger partial charge >= 0.3 is 0 Å². The Hall–Kier alpha value is -4.60. The van der Waals surface area contributed by atoms with Crippen molar-refractivity contribution in [2.75, 3.05) is 0 Å². The fourth-order valence-corrected chi connectivity index (χ4v) is 8.09. The Labute approximate surface area is 286 Å². The van der Waals surface area contributed by atoms with Crippen molar-refractivity contribution in [3.05, 3.63) is 157 Å². The minimum atomic E-state index is -0.0562. The zero-order valence-corrected chi connectivity index (χ0v) is 28.6. The molecule has 5 aromatic carbocycles. The Balaban J connectivity index is 0.00000312. The molecule has 46 heavy (non-hydrogen) atoms. The predicted molar refractivity (Wildman–Crippen MR) is 189 cm³/mol. The summed E-state index contributed by atoms with van der Waals surface area (Å²) in [6, 6.07) is 51.9. The number of fused-ring (bicyclic) bond motifs is 6. The zero-order chi connectivity index (χ0) is 30.1. The molecule has 3 aromatic heterocycles. The van der Waals surface area contributed by atoms with E-state index in [4.69, 9.17) is 0 Å². The van der Waals surface area contributed by atoms with Crippen LogP contribution < -0.4 is 0 Å². The van der Waals surface area contributed by atoms with Gasteiger partial charge in [0.15, 0.2) is 0 Å². The van der Waals surface area contributed by atoms with Gasteiger partial charge in [-0.15, -0.1) is 0 Å². The monoisotopic (exact) mass is 786 g/mol. The van der Waals surface area contributed by atoms with Gasteiger partial charge in [-0.25, -0.2) is 11.3 Å². The number of aromatic nitrogens is 2. The minimum absolute atomic E-state index is 0. The standard InChI is InChI=1S/C42H29N2S.Ir/c1-42(2)35-16-7-6-15-31(35)32-25-34-33-24-28(18-19-38(33)44(39(34)26-36(32)42)30-13-4-3-5-14-30)27-11-10-12-29(23-27)40-20-21-41(45-40)37-17-8-9-22-43-37;/h3-20,22-26H,1-2H3;/q-1;. The average Bonchev–Trinajstić information content (AvgIpc) is 3.77. The van der Waals surface area contributed by atoms with Crippen molar-refractivity contribution in [2.24, 2.45) is 0 Å². The van der Waals surface area contributed by atoms with Crippen molar-refractivity contribution in [3.8, 4) is 49.0 Å². The van der Waals surface area contributed by atoms with Gasteiger partial charge in [0, 0.05) is 48.2 Å². The SMILES string of the molecule is CC1(C)c2ccccc2-c2cc3c4cc(-c5cccc(-c6c[c-]c(-c7ccccn7)s6)c5)ccc4n(-c4ccccc4)c3cc21.[Ir]. The molecule has 0 N–H and O–H groups in total. The van der Waals surface area contributed by atoms with Gasteiger partial charge in [-0.3, -0.25) is 0 Å². The van der Waals surface area contributed by atoms with Crippen LogP contribution in [0.1, 0.15) is 25.0 Å². The van der Waals surface area contributed by atoms with E-state index in [2.05, 4.69) is 145 Å². The van der Waals surface area contributed by atoms with E-state index in [9.17, 15) is 0 Å². The molecule has 2 nitrogen and oxygen atoms in total. The van der Waals surface area contributed by atoms with E-state index >= 15 is 0 Å². The van der Waals surface area contributed by atoms with Crippen LogP contribution in [0.3, 0.4) is 0 Å². The number of thiophene rings is 1. The Morgan fingerprint density at radius 2 is 1.39 bits per heavy atom. The van der Waals surface area contributed by atoms with Crippen LogP contribution in [0.4, 0.5) is 0 Å². The van der Waals surface area contributed by atoms with Crippen molar-refractivity contribution >= 4 is 33.1 Å². The van der Waals surface area contributed by atoms with Gasteiger partial charge in [0.2, 0.25) is 0 Å². The van der Waals surface area contributed by atoms with Crippen molar-refractivity contribution in [1.82, 2.24) is 9.55 Å². The minimum Gasteiger partial charge on any atom is -0.319 e. The fourth-order valence-electron chi connectivity index (χ4n) is 7.17. The summed E-state index contributed by atoms with van der Waals surface area (Å²) in [6.07, 6.45) is 1.84. The Morgan fingerprint density at radius 3 is 2.24 bits per heavy atom. The van der Waals surface area contributed by atoms with E-state index in [1.807, 2.05) is 24.4 Å². The van der Waals surface area contributed by atoms with Crippen LogP contribution in [-0.2, 0) is 25.5 Å². The fraction of sp³-hybridized carbons (Fsp3) is 0.0714. The maximum absolute atomic E-state index is 4.52. The second-order valence-corrected chi connectivity index (χ2v) is 13.4. The van der Waals surface area contributed by atoms with Gasteiger partial charge in [0.05, 0.1) is 11.0 Å². The molecule has 0 unspecified atom stereocenters. The largest absolute Gasteiger partial charge is 0.319 e. The summed E-state index contributed by atoms with van der Waals surface area (Å²) < 4.78 is 2.44. The van der Waals surface area contributed by atoms with E-state index in [0.29, 0.717) is 0 Å². The van der Waals surface area contributed by atoms with Crippen LogP contribution in [0.5, 0.6) is 0 Å². The number of para-hydroxylation sites is 1. The number of nitrogens with zero attached hydrogens (tertiary/aromatic N) is 2. The van der Waals surface area contributed by atoms with E-state index in [0.717, 1.165) is 10.6 Å². The summed E-state index contributed by atoms with van der Waals surface area (Å²) in [5.74, 6) is 0. The summed E-state index contributed by atoms with van der Waals surface area (Å²) in [5.41, 5.74) is 13.6. The molecule has 4 heteroatoms.